The van der Waals surface area contributed by atoms with Crippen molar-refractivity contribution in [3.05, 3.63) is 71.3 Å². The second-order valence-electron chi connectivity index (χ2n) is 6.85. The van der Waals surface area contributed by atoms with Gasteiger partial charge in [0.25, 0.3) is 0 Å². The number of carbonyl (C=O) groups excluding carboxylic acids is 1. The smallest absolute Gasteiger partial charge is 0.339 e. The number of carboxylic acid groups (broad SMARTS) is 1. The number of nitrogens with zero attached hydrogens (tertiary/aromatic N) is 1. The fourth-order valence-corrected chi connectivity index (χ4v) is 3.82. The van der Waals surface area contributed by atoms with E-state index in [4.69, 9.17) is 9.47 Å². The quantitative estimate of drug-likeness (QED) is 0.668. The standard InChI is InChI=1S/C22H19FN2O5/c1-29-17-8-7-12(9-18(17)30-2)13-10-19(26)24-20-14(22(27)28)11-25(21(13)20)16-6-4-3-5-15(16)23/h3-9,11,13H,10H2,1-2H3,(H,24,26)(H,27,28)/t13-/m0/s1. The summed E-state index contributed by atoms with van der Waals surface area (Å²) in [5.74, 6) is -1.55. The maximum absolute atomic E-state index is 14.6. The highest BCUT2D eigenvalue weighted by molar-refractivity contribution is 6.04. The first kappa shape index (κ1) is 19.5. The topological polar surface area (TPSA) is 89.8 Å². The van der Waals surface area contributed by atoms with Crippen LogP contribution in [-0.2, 0) is 4.79 Å². The maximum Gasteiger partial charge on any atom is 0.339 e. The van der Waals surface area contributed by atoms with Crippen molar-refractivity contribution in [2.75, 3.05) is 19.5 Å². The van der Waals surface area contributed by atoms with Crippen LogP contribution in [0.3, 0.4) is 0 Å². The summed E-state index contributed by atoms with van der Waals surface area (Å²) < 4.78 is 26.7. The number of para-hydroxylation sites is 1. The van der Waals surface area contributed by atoms with Gasteiger partial charge in [0, 0.05) is 18.5 Å². The number of ether oxygens (including phenoxy) is 2. The summed E-state index contributed by atoms with van der Waals surface area (Å²) in [5.41, 5.74) is 1.47. The molecule has 0 spiro atoms. The zero-order valence-electron chi connectivity index (χ0n) is 16.3. The van der Waals surface area contributed by atoms with Crippen LogP contribution < -0.4 is 14.8 Å². The Morgan fingerprint density at radius 1 is 1.17 bits per heavy atom. The molecule has 0 radical (unpaired) electrons. The normalized spacial score (nSPS) is 15.3. The Balaban J connectivity index is 1.97. The van der Waals surface area contributed by atoms with E-state index >= 15 is 0 Å². The van der Waals surface area contributed by atoms with E-state index in [0.717, 1.165) is 5.56 Å². The van der Waals surface area contributed by atoms with E-state index in [2.05, 4.69) is 5.32 Å². The molecule has 1 aliphatic rings. The first-order valence-electron chi connectivity index (χ1n) is 9.19. The Hall–Kier alpha value is -3.81. The van der Waals surface area contributed by atoms with Crippen molar-refractivity contribution < 1.29 is 28.6 Å². The number of methoxy groups -OCH3 is 2. The molecule has 2 aromatic carbocycles. The Bertz CT molecular complexity index is 1150. The zero-order valence-corrected chi connectivity index (χ0v) is 16.3. The van der Waals surface area contributed by atoms with Crippen LogP contribution in [0.15, 0.2) is 48.7 Å². The molecule has 1 aromatic heterocycles. The van der Waals surface area contributed by atoms with E-state index in [9.17, 15) is 19.1 Å². The van der Waals surface area contributed by atoms with Crippen LogP contribution in [0.2, 0.25) is 0 Å². The van der Waals surface area contributed by atoms with Crippen molar-refractivity contribution in [1.82, 2.24) is 4.57 Å². The molecule has 1 aliphatic heterocycles. The molecule has 3 aromatic rings. The number of rotatable bonds is 5. The zero-order chi connectivity index (χ0) is 21.4. The molecule has 0 aliphatic carbocycles. The van der Waals surface area contributed by atoms with Gasteiger partial charge in [-0.2, -0.15) is 0 Å². The molecule has 0 saturated heterocycles. The summed E-state index contributed by atoms with van der Waals surface area (Å²) in [4.78, 5) is 24.3. The molecule has 8 heteroatoms. The average molecular weight is 410 g/mol. The van der Waals surface area contributed by atoms with E-state index in [1.54, 1.807) is 36.4 Å². The number of anilines is 1. The molecule has 1 atom stereocenters. The van der Waals surface area contributed by atoms with Crippen molar-refractivity contribution >= 4 is 17.6 Å². The summed E-state index contributed by atoms with van der Waals surface area (Å²) >= 11 is 0. The minimum absolute atomic E-state index is 0.0695. The second kappa shape index (κ2) is 7.55. The molecule has 0 saturated carbocycles. The molecule has 0 fully saturated rings. The van der Waals surface area contributed by atoms with Crippen molar-refractivity contribution in [3.63, 3.8) is 0 Å². The van der Waals surface area contributed by atoms with Gasteiger partial charge in [-0.25, -0.2) is 9.18 Å². The summed E-state index contributed by atoms with van der Waals surface area (Å²) in [6.45, 7) is 0. The van der Waals surface area contributed by atoms with Gasteiger partial charge in [-0.05, 0) is 29.8 Å². The number of benzene rings is 2. The summed E-state index contributed by atoms with van der Waals surface area (Å²) in [7, 11) is 3.03. The third-order valence-corrected chi connectivity index (χ3v) is 5.18. The van der Waals surface area contributed by atoms with Gasteiger partial charge < -0.3 is 24.5 Å². The average Bonchev–Trinajstić information content (AvgIpc) is 3.12. The Kier molecular flexibility index (Phi) is 4.91. The number of carboxylic acids is 1. The lowest BCUT2D eigenvalue weighted by Crippen LogP contribution is -2.25. The minimum Gasteiger partial charge on any atom is -0.493 e. The molecule has 2 heterocycles. The van der Waals surface area contributed by atoms with Crippen molar-refractivity contribution in [3.8, 4) is 17.2 Å². The Morgan fingerprint density at radius 2 is 1.90 bits per heavy atom. The molecule has 7 nitrogen and oxygen atoms in total. The third-order valence-electron chi connectivity index (χ3n) is 5.18. The number of carbonyl (C=O) groups is 2. The monoisotopic (exact) mass is 410 g/mol. The largest absolute Gasteiger partial charge is 0.493 e. The number of halogens is 1. The molecule has 0 unspecified atom stereocenters. The maximum atomic E-state index is 14.6. The van der Waals surface area contributed by atoms with E-state index in [1.807, 2.05) is 0 Å². The van der Waals surface area contributed by atoms with Crippen LogP contribution in [0.4, 0.5) is 10.1 Å². The third kappa shape index (κ3) is 3.16. The minimum atomic E-state index is -1.21. The molecule has 30 heavy (non-hydrogen) atoms. The number of fused-ring (bicyclic) bond motifs is 1. The van der Waals surface area contributed by atoms with E-state index < -0.39 is 17.7 Å². The molecule has 154 valence electrons. The molecule has 1 amide bonds. The molecular formula is C22H19FN2O5. The highest BCUT2D eigenvalue weighted by Crippen LogP contribution is 2.43. The summed E-state index contributed by atoms with van der Waals surface area (Å²) in [6.07, 6.45) is 1.41. The SMILES string of the molecule is COc1ccc([C@@H]2CC(=O)Nc3c(C(=O)O)cn(-c4ccccc4F)c32)cc1OC. The van der Waals surface area contributed by atoms with Gasteiger partial charge in [-0.1, -0.05) is 18.2 Å². The highest BCUT2D eigenvalue weighted by Gasteiger charge is 2.35. The van der Waals surface area contributed by atoms with Crippen LogP contribution in [0.5, 0.6) is 11.5 Å². The number of aromatic nitrogens is 1. The van der Waals surface area contributed by atoms with E-state index in [0.29, 0.717) is 17.2 Å². The van der Waals surface area contributed by atoms with Crippen LogP contribution in [0.1, 0.15) is 34.0 Å². The number of hydrogen-bond donors (Lipinski definition) is 2. The van der Waals surface area contributed by atoms with Gasteiger partial charge in [0.15, 0.2) is 11.5 Å². The van der Waals surface area contributed by atoms with Gasteiger partial charge >= 0.3 is 5.97 Å². The summed E-state index contributed by atoms with van der Waals surface area (Å²) in [6, 6.07) is 11.3. The van der Waals surface area contributed by atoms with Gasteiger partial charge in [0.1, 0.15) is 11.4 Å². The molecule has 0 bridgehead atoms. The Labute approximate surface area is 171 Å². The highest BCUT2D eigenvalue weighted by atomic mass is 19.1. The lowest BCUT2D eigenvalue weighted by Gasteiger charge is -2.26. The van der Waals surface area contributed by atoms with Gasteiger partial charge in [0.2, 0.25) is 5.91 Å². The van der Waals surface area contributed by atoms with Crippen molar-refractivity contribution in [2.24, 2.45) is 0 Å². The molecule has 2 N–H and O–H groups in total. The van der Waals surface area contributed by atoms with Gasteiger partial charge in [0.05, 0.1) is 31.3 Å². The molecular weight excluding hydrogens is 391 g/mol. The molecule has 4 rings (SSSR count). The predicted molar refractivity (Wildman–Crippen MR) is 107 cm³/mol. The van der Waals surface area contributed by atoms with Crippen LogP contribution in [0.25, 0.3) is 5.69 Å². The lowest BCUT2D eigenvalue weighted by molar-refractivity contribution is -0.116. The Morgan fingerprint density at radius 3 is 2.57 bits per heavy atom. The number of hydrogen-bond acceptors (Lipinski definition) is 4. The van der Waals surface area contributed by atoms with E-state index in [-0.39, 0.29) is 29.3 Å². The number of aromatic carboxylic acids is 1. The van der Waals surface area contributed by atoms with Crippen molar-refractivity contribution in [2.45, 2.75) is 12.3 Å². The summed E-state index contributed by atoms with van der Waals surface area (Å²) in [5, 5.41) is 12.3. The van der Waals surface area contributed by atoms with E-state index in [1.165, 1.54) is 31.0 Å². The van der Waals surface area contributed by atoms with Gasteiger partial charge in [-0.3, -0.25) is 4.79 Å². The number of nitrogens with one attached hydrogen (secondary N) is 1. The van der Waals surface area contributed by atoms with Crippen LogP contribution in [0, 0.1) is 5.82 Å². The first-order valence-corrected chi connectivity index (χ1v) is 9.19. The fourth-order valence-electron chi connectivity index (χ4n) is 3.82. The predicted octanol–water partition coefficient (Wildman–Crippen LogP) is 3.81. The second-order valence-corrected chi connectivity index (χ2v) is 6.85. The number of amides is 1. The van der Waals surface area contributed by atoms with Crippen LogP contribution >= 0.6 is 0 Å². The lowest BCUT2D eigenvalue weighted by atomic mass is 9.88. The fraction of sp³-hybridized carbons (Fsp3) is 0.182. The van der Waals surface area contributed by atoms with Gasteiger partial charge in [-0.15, -0.1) is 0 Å². The van der Waals surface area contributed by atoms with Crippen molar-refractivity contribution in [1.29, 1.82) is 0 Å². The van der Waals surface area contributed by atoms with Crippen LogP contribution in [-0.4, -0.2) is 35.8 Å². The first-order chi connectivity index (χ1) is 14.4.